The summed E-state index contributed by atoms with van der Waals surface area (Å²) in [7, 11) is 0. The molecule has 7 nitrogen and oxygen atoms in total. The van der Waals surface area contributed by atoms with Gasteiger partial charge in [0.15, 0.2) is 23.7 Å². The van der Waals surface area contributed by atoms with Crippen molar-refractivity contribution < 1.29 is 19.0 Å². The molecule has 0 aromatic carbocycles. The van der Waals surface area contributed by atoms with Gasteiger partial charge in [-0.3, -0.25) is 0 Å². The Hall–Kier alpha value is -2.95. The van der Waals surface area contributed by atoms with Crippen LogP contribution in [0.5, 0.6) is 0 Å². The molecule has 3 fully saturated rings. The van der Waals surface area contributed by atoms with Crippen LogP contribution in [-0.4, -0.2) is 42.5 Å². The average Bonchev–Trinajstić information content (AvgIpc) is 3.46. The second kappa shape index (κ2) is 8.61. The highest BCUT2D eigenvalue weighted by Gasteiger charge is 2.47. The summed E-state index contributed by atoms with van der Waals surface area (Å²) in [5.41, 5.74) is 1.13. The van der Waals surface area contributed by atoms with E-state index in [2.05, 4.69) is 25.3 Å². The zero-order chi connectivity index (χ0) is 24.3. The Balaban J connectivity index is 1.49. The van der Waals surface area contributed by atoms with Crippen molar-refractivity contribution in [2.75, 3.05) is 5.32 Å². The number of aromatic amines is 1. The maximum Gasteiger partial charge on any atom is 0.192 e. The monoisotopic (exact) mass is 497 g/mol. The van der Waals surface area contributed by atoms with Crippen molar-refractivity contribution in [1.29, 1.82) is 0 Å². The lowest BCUT2D eigenvalue weighted by molar-refractivity contribution is -0.133. The minimum absolute atomic E-state index is 0.0120. The molecule has 0 aliphatic heterocycles. The van der Waals surface area contributed by atoms with Crippen LogP contribution in [0.25, 0.3) is 33.0 Å². The van der Waals surface area contributed by atoms with Crippen LogP contribution in [0.1, 0.15) is 30.6 Å². The van der Waals surface area contributed by atoms with Gasteiger partial charge in [-0.1, -0.05) is 0 Å². The lowest BCUT2D eigenvalue weighted by Crippen LogP contribution is -2.53. The number of aliphatic hydroxyl groups excluding tert-OH is 1. The number of aryl methyl sites for hydroxylation is 1. The SMILES string of the molecule is Cc1ccc(-c2nc(-c3c[nH]c4ncc(F)cc34)nc(NC3C4CCC(CC4)C3C(O)O)c2F)s1. The van der Waals surface area contributed by atoms with E-state index in [1.54, 1.807) is 6.20 Å². The lowest BCUT2D eigenvalue weighted by atomic mass is 9.61. The summed E-state index contributed by atoms with van der Waals surface area (Å²) in [6.07, 6.45) is 5.06. The second-order valence-corrected chi connectivity index (χ2v) is 10.8. The lowest BCUT2D eigenvalue weighted by Gasteiger charge is -2.49. The van der Waals surface area contributed by atoms with E-state index in [9.17, 15) is 14.6 Å². The van der Waals surface area contributed by atoms with Crippen LogP contribution < -0.4 is 5.32 Å². The molecule has 182 valence electrons. The first-order valence-electron chi connectivity index (χ1n) is 11.8. The number of hydrogen-bond acceptors (Lipinski definition) is 7. The van der Waals surface area contributed by atoms with Crippen LogP contribution in [0.15, 0.2) is 30.6 Å². The Bertz CT molecular complexity index is 1400. The molecule has 3 aliphatic carbocycles. The van der Waals surface area contributed by atoms with Crippen LogP contribution in [0, 0.1) is 36.3 Å². The number of anilines is 1. The fraction of sp³-hybridized carbons (Fsp3) is 0.400. The zero-order valence-electron chi connectivity index (χ0n) is 19.0. The number of hydrogen-bond donors (Lipinski definition) is 4. The highest BCUT2D eigenvalue weighted by atomic mass is 32.1. The summed E-state index contributed by atoms with van der Waals surface area (Å²) in [5, 5.41) is 24.0. The fourth-order valence-corrected chi connectivity index (χ4v) is 6.70. The van der Waals surface area contributed by atoms with Gasteiger partial charge in [0.25, 0.3) is 0 Å². The van der Waals surface area contributed by atoms with E-state index in [0.29, 0.717) is 21.5 Å². The van der Waals surface area contributed by atoms with Crippen LogP contribution >= 0.6 is 11.3 Å². The van der Waals surface area contributed by atoms with Crippen molar-refractivity contribution in [2.24, 2.45) is 17.8 Å². The molecular formula is C25H25F2N5O2S. The minimum atomic E-state index is -1.49. The Kier molecular flexibility index (Phi) is 5.54. The van der Waals surface area contributed by atoms with E-state index in [4.69, 9.17) is 0 Å². The first-order chi connectivity index (χ1) is 16.9. The van der Waals surface area contributed by atoms with Gasteiger partial charge < -0.3 is 20.5 Å². The van der Waals surface area contributed by atoms with Gasteiger partial charge in [0.1, 0.15) is 17.2 Å². The van der Waals surface area contributed by atoms with E-state index in [0.717, 1.165) is 36.8 Å². The second-order valence-electron chi connectivity index (χ2n) is 9.56. The van der Waals surface area contributed by atoms with Gasteiger partial charge in [0.2, 0.25) is 0 Å². The van der Waals surface area contributed by atoms with E-state index in [-0.39, 0.29) is 35.2 Å². The fourth-order valence-electron chi connectivity index (χ4n) is 5.85. The standard InChI is InChI=1S/C25H25F2N5O2S/c1-11-2-7-17(35-11)21-19(27)24(30-20-13-5-3-12(4-6-13)18(20)25(33)34)32-23(31-21)16-10-29-22-15(16)8-14(26)9-28-22/h2,7-10,12-13,18,20,25,33-34H,3-6H2,1H3,(H,28,29)(H,30,31,32). The first kappa shape index (κ1) is 22.5. The zero-order valence-corrected chi connectivity index (χ0v) is 19.8. The van der Waals surface area contributed by atoms with Crippen LogP contribution in [0.3, 0.4) is 0 Å². The van der Waals surface area contributed by atoms with Crippen molar-refractivity contribution in [1.82, 2.24) is 19.9 Å². The third-order valence-corrected chi connectivity index (χ3v) is 8.50. The number of halogens is 2. The molecule has 7 rings (SSSR count). The summed E-state index contributed by atoms with van der Waals surface area (Å²) in [5.74, 6) is -0.876. The van der Waals surface area contributed by atoms with Crippen LogP contribution in [0.2, 0.25) is 0 Å². The van der Waals surface area contributed by atoms with Crippen molar-refractivity contribution in [2.45, 2.75) is 44.9 Å². The molecular weight excluding hydrogens is 472 g/mol. The Morgan fingerprint density at radius 3 is 2.60 bits per heavy atom. The smallest absolute Gasteiger partial charge is 0.192 e. The highest BCUT2D eigenvalue weighted by molar-refractivity contribution is 7.15. The average molecular weight is 498 g/mol. The molecule has 0 amide bonds. The predicted octanol–water partition coefficient (Wildman–Crippen LogP) is 4.86. The van der Waals surface area contributed by atoms with Crippen molar-refractivity contribution in [3.63, 3.8) is 0 Å². The number of fused-ring (bicyclic) bond motifs is 4. The van der Waals surface area contributed by atoms with Gasteiger partial charge in [-0.2, -0.15) is 0 Å². The molecule has 2 atom stereocenters. The number of aliphatic hydroxyl groups is 2. The highest BCUT2D eigenvalue weighted by Crippen LogP contribution is 2.47. The number of nitrogens with zero attached hydrogens (tertiary/aromatic N) is 3. The molecule has 3 aliphatic rings. The third kappa shape index (κ3) is 3.89. The number of aromatic nitrogens is 4. The molecule has 3 saturated carbocycles. The molecule has 4 aromatic rings. The summed E-state index contributed by atoms with van der Waals surface area (Å²) in [4.78, 5) is 17.8. The Morgan fingerprint density at radius 1 is 1.11 bits per heavy atom. The third-order valence-electron chi connectivity index (χ3n) is 7.49. The van der Waals surface area contributed by atoms with E-state index < -0.39 is 23.8 Å². The molecule has 0 saturated heterocycles. The van der Waals surface area contributed by atoms with E-state index in [1.165, 1.54) is 17.4 Å². The maximum atomic E-state index is 15.9. The van der Waals surface area contributed by atoms with Gasteiger partial charge in [0.05, 0.1) is 11.1 Å². The molecule has 10 heteroatoms. The molecule has 0 radical (unpaired) electrons. The van der Waals surface area contributed by atoms with Gasteiger partial charge >= 0.3 is 0 Å². The van der Waals surface area contributed by atoms with Gasteiger partial charge in [-0.15, -0.1) is 11.3 Å². The number of pyridine rings is 1. The summed E-state index contributed by atoms with van der Waals surface area (Å²) in [6, 6.07) is 4.75. The minimum Gasteiger partial charge on any atom is -0.368 e. The molecule has 4 N–H and O–H groups in total. The first-order valence-corrected chi connectivity index (χ1v) is 12.6. The van der Waals surface area contributed by atoms with Crippen molar-refractivity contribution in [3.8, 4) is 22.0 Å². The summed E-state index contributed by atoms with van der Waals surface area (Å²) >= 11 is 1.42. The largest absolute Gasteiger partial charge is 0.368 e. The number of H-pyrrole nitrogens is 1. The van der Waals surface area contributed by atoms with Crippen LogP contribution in [-0.2, 0) is 0 Å². The Labute approximate surface area is 204 Å². The normalized spacial score (nSPS) is 23.9. The van der Waals surface area contributed by atoms with E-state index in [1.807, 2.05) is 19.1 Å². The molecule has 0 spiro atoms. The van der Waals surface area contributed by atoms with Crippen molar-refractivity contribution >= 4 is 28.2 Å². The van der Waals surface area contributed by atoms with Gasteiger partial charge in [-0.05, 0) is 62.6 Å². The molecule has 2 bridgehead atoms. The summed E-state index contributed by atoms with van der Waals surface area (Å²) < 4.78 is 29.9. The predicted molar refractivity (Wildman–Crippen MR) is 130 cm³/mol. The quantitative estimate of drug-likeness (QED) is 0.293. The van der Waals surface area contributed by atoms with Gasteiger partial charge in [0, 0.05) is 34.0 Å². The molecule has 4 aromatic heterocycles. The molecule has 2 unspecified atom stereocenters. The molecule has 35 heavy (non-hydrogen) atoms. The van der Waals surface area contributed by atoms with Crippen molar-refractivity contribution in [3.05, 3.63) is 47.1 Å². The number of rotatable bonds is 5. The van der Waals surface area contributed by atoms with Gasteiger partial charge in [-0.25, -0.2) is 23.7 Å². The summed E-state index contributed by atoms with van der Waals surface area (Å²) in [6.45, 7) is 1.94. The number of thiophene rings is 1. The van der Waals surface area contributed by atoms with Crippen LogP contribution in [0.4, 0.5) is 14.6 Å². The number of nitrogens with one attached hydrogen (secondary N) is 2. The molecule has 4 heterocycles. The Morgan fingerprint density at radius 2 is 1.89 bits per heavy atom. The van der Waals surface area contributed by atoms with E-state index >= 15 is 4.39 Å². The topological polar surface area (TPSA) is 107 Å². The maximum absolute atomic E-state index is 15.9.